The molecule has 0 bridgehead atoms. The molecule has 0 aromatic carbocycles. The number of nitrogens with one attached hydrogen (secondary N) is 3. The molecule has 1 atom stereocenters. The normalized spacial score (nSPS) is 17.2. The number of rotatable bonds is 19. The van der Waals surface area contributed by atoms with E-state index in [-0.39, 0.29) is 47.4 Å². The highest BCUT2D eigenvalue weighted by Gasteiger charge is 2.25. The number of hydrogen-bond donors (Lipinski definition) is 3. The second-order valence-electron chi connectivity index (χ2n) is 13.9. The zero-order valence-corrected chi connectivity index (χ0v) is 27.8. The minimum absolute atomic E-state index is 0.0289. The van der Waals surface area contributed by atoms with E-state index in [1.165, 1.54) is 12.2 Å². The molecule has 2 aliphatic heterocycles. The molecule has 5 amide bonds. The molecule has 2 rings (SSSR count). The molecular formula is C32H56N6O6. The van der Waals surface area contributed by atoms with Crippen LogP contribution < -0.4 is 16.0 Å². The Bertz CT molecular complexity index is 982. The van der Waals surface area contributed by atoms with E-state index < -0.39 is 11.8 Å². The first-order valence-electron chi connectivity index (χ1n) is 16.0. The number of piperazine rings is 1. The molecule has 2 aliphatic rings. The van der Waals surface area contributed by atoms with E-state index >= 15 is 0 Å². The molecule has 1 fully saturated rings. The lowest BCUT2D eigenvalue weighted by atomic mass is 9.94. The standard InChI is InChI=1S/C32H56N6O6/c1-25(22-44-24-32(5,6)23-35-26(39)11-16-38-28(41)9-10-29(38)42)21-27(40)33-12-7-14-36-17-19-37(20-18-36)15-8-13-34-30(43)31(2,3)4/h9-10,25H,7-8,11-24H2,1-6H3,(H,33,40)(H,34,43)(H,35,39). The summed E-state index contributed by atoms with van der Waals surface area (Å²) < 4.78 is 5.86. The van der Waals surface area contributed by atoms with Gasteiger partial charge in [-0.1, -0.05) is 41.5 Å². The molecule has 0 aromatic rings. The van der Waals surface area contributed by atoms with Crippen LogP contribution in [0.15, 0.2) is 12.2 Å². The molecule has 12 heteroatoms. The Kier molecular flexibility index (Phi) is 15.5. The van der Waals surface area contributed by atoms with Gasteiger partial charge in [0.1, 0.15) is 0 Å². The van der Waals surface area contributed by atoms with Crippen molar-refractivity contribution in [3.63, 3.8) is 0 Å². The van der Waals surface area contributed by atoms with Gasteiger partial charge in [0.05, 0.1) is 6.61 Å². The van der Waals surface area contributed by atoms with E-state index in [9.17, 15) is 24.0 Å². The quantitative estimate of drug-likeness (QED) is 0.144. The van der Waals surface area contributed by atoms with Gasteiger partial charge in [0.25, 0.3) is 11.8 Å². The van der Waals surface area contributed by atoms with Crippen molar-refractivity contribution in [3.05, 3.63) is 12.2 Å². The number of carbonyl (C=O) groups is 5. The molecule has 0 aromatic heterocycles. The van der Waals surface area contributed by atoms with Crippen LogP contribution in [0.4, 0.5) is 0 Å². The van der Waals surface area contributed by atoms with Crippen LogP contribution in [-0.4, -0.2) is 123 Å². The predicted octanol–water partition coefficient (Wildman–Crippen LogP) is 1.16. The van der Waals surface area contributed by atoms with E-state index in [0.717, 1.165) is 57.0 Å². The summed E-state index contributed by atoms with van der Waals surface area (Å²) in [6, 6.07) is 0. The maximum Gasteiger partial charge on any atom is 0.253 e. The lowest BCUT2D eigenvalue weighted by molar-refractivity contribution is -0.137. The van der Waals surface area contributed by atoms with Crippen LogP contribution in [-0.2, 0) is 28.7 Å². The topological polar surface area (TPSA) is 140 Å². The van der Waals surface area contributed by atoms with Gasteiger partial charge in [-0.2, -0.15) is 0 Å². The number of amides is 5. The fraction of sp³-hybridized carbons (Fsp3) is 0.781. The van der Waals surface area contributed by atoms with Crippen molar-refractivity contribution >= 4 is 29.5 Å². The molecule has 0 saturated carbocycles. The predicted molar refractivity (Wildman–Crippen MR) is 169 cm³/mol. The largest absolute Gasteiger partial charge is 0.381 e. The minimum Gasteiger partial charge on any atom is -0.381 e. The smallest absolute Gasteiger partial charge is 0.253 e. The average molecular weight is 621 g/mol. The van der Waals surface area contributed by atoms with Crippen LogP contribution in [0.2, 0.25) is 0 Å². The highest BCUT2D eigenvalue weighted by atomic mass is 16.5. The highest BCUT2D eigenvalue weighted by molar-refractivity contribution is 6.13. The first-order chi connectivity index (χ1) is 20.7. The first kappa shape index (κ1) is 37.4. The maximum absolute atomic E-state index is 12.4. The number of nitrogens with zero attached hydrogens (tertiary/aromatic N) is 3. The summed E-state index contributed by atoms with van der Waals surface area (Å²) in [4.78, 5) is 65.6. The van der Waals surface area contributed by atoms with Gasteiger partial charge < -0.3 is 30.5 Å². The van der Waals surface area contributed by atoms with Gasteiger partial charge >= 0.3 is 0 Å². The Labute approximate surface area is 263 Å². The lowest BCUT2D eigenvalue weighted by Crippen LogP contribution is -2.47. The summed E-state index contributed by atoms with van der Waals surface area (Å²) in [7, 11) is 0. The lowest BCUT2D eigenvalue weighted by Gasteiger charge is -2.34. The monoisotopic (exact) mass is 620 g/mol. The number of carbonyl (C=O) groups excluding carboxylic acids is 5. The van der Waals surface area contributed by atoms with Gasteiger partial charge in [0, 0.05) is 94.8 Å². The summed E-state index contributed by atoms with van der Waals surface area (Å²) in [6.07, 6.45) is 4.74. The summed E-state index contributed by atoms with van der Waals surface area (Å²) in [6.45, 7) is 20.5. The van der Waals surface area contributed by atoms with Crippen LogP contribution in [0, 0.1) is 16.7 Å². The second-order valence-corrected chi connectivity index (χ2v) is 13.9. The Morgan fingerprint density at radius 1 is 0.818 bits per heavy atom. The molecule has 0 aliphatic carbocycles. The third-order valence-corrected chi connectivity index (χ3v) is 7.71. The van der Waals surface area contributed by atoms with Gasteiger partial charge in [0.15, 0.2) is 0 Å². The van der Waals surface area contributed by atoms with Crippen LogP contribution >= 0.6 is 0 Å². The molecule has 2 heterocycles. The minimum atomic E-state index is -0.391. The van der Waals surface area contributed by atoms with Crippen molar-refractivity contribution in [3.8, 4) is 0 Å². The summed E-state index contributed by atoms with van der Waals surface area (Å²) >= 11 is 0. The van der Waals surface area contributed by atoms with Gasteiger partial charge in [-0.3, -0.25) is 28.9 Å². The van der Waals surface area contributed by atoms with E-state index in [1.807, 2.05) is 41.5 Å². The first-order valence-corrected chi connectivity index (χ1v) is 16.0. The van der Waals surface area contributed by atoms with Crippen LogP contribution in [0.25, 0.3) is 0 Å². The summed E-state index contributed by atoms with van der Waals surface area (Å²) in [5.41, 5.74) is -0.657. The fourth-order valence-corrected chi connectivity index (χ4v) is 4.86. The molecule has 0 radical (unpaired) electrons. The Balaban J connectivity index is 1.47. The van der Waals surface area contributed by atoms with E-state index in [1.54, 1.807) is 0 Å². The zero-order valence-electron chi connectivity index (χ0n) is 27.8. The van der Waals surface area contributed by atoms with Gasteiger partial charge in [-0.05, 0) is 31.8 Å². The van der Waals surface area contributed by atoms with E-state index in [2.05, 4.69) is 25.8 Å². The highest BCUT2D eigenvalue weighted by Crippen LogP contribution is 2.16. The molecule has 1 saturated heterocycles. The van der Waals surface area contributed by atoms with Gasteiger partial charge in [-0.25, -0.2) is 0 Å². The SMILES string of the molecule is CC(COCC(C)(C)CNC(=O)CCN1C(=O)C=CC1=O)CC(=O)NCCCN1CCN(CCCNC(=O)C(C)(C)C)CC1. The van der Waals surface area contributed by atoms with Crippen LogP contribution in [0.1, 0.15) is 67.2 Å². The van der Waals surface area contributed by atoms with Crippen LogP contribution in [0.5, 0.6) is 0 Å². The molecule has 3 N–H and O–H groups in total. The molecule has 0 spiro atoms. The number of hydrogen-bond acceptors (Lipinski definition) is 8. The van der Waals surface area contributed by atoms with Gasteiger partial charge in [-0.15, -0.1) is 0 Å². The van der Waals surface area contributed by atoms with Crippen molar-refractivity contribution in [2.75, 3.05) is 78.7 Å². The van der Waals surface area contributed by atoms with Crippen molar-refractivity contribution in [1.29, 1.82) is 0 Å². The average Bonchev–Trinajstić information content (AvgIpc) is 3.27. The second kappa shape index (κ2) is 18.2. The summed E-state index contributed by atoms with van der Waals surface area (Å²) in [5.74, 6) is -0.815. The van der Waals surface area contributed by atoms with Crippen molar-refractivity contribution in [2.24, 2.45) is 16.7 Å². The van der Waals surface area contributed by atoms with Crippen molar-refractivity contribution in [2.45, 2.75) is 67.2 Å². The molecule has 44 heavy (non-hydrogen) atoms. The fourth-order valence-electron chi connectivity index (χ4n) is 4.86. The molecular weight excluding hydrogens is 564 g/mol. The van der Waals surface area contributed by atoms with E-state index in [0.29, 0.717) is 39.3 Å². The third kappa shape index (κ3) is 14.8. The molecule has 12 nitrogen and oxygen atoms in total. The molecule has 1 unspecified atom stereocenters. The summed E-state index contributed by atoms with van der Waals surface area (Å²) in [5, 5.41) is 8.89. The van der Waals surface area contributed by atoms with Gasteiger partial charge in [0.2, 0.25) is 17.7 Å². The number of imide groups is 1. The zero-order chi connectivity index (χ0) is 32.8. The third-order valence-electron chi connectivity index (χ3n) is 7.71. The van der Waals surface area contributed by atoms with Crippen molar-refractivity contribution in [1.82, 2.24) is 30.7 Å². The maximum atomic E-state index is 12.4. The Hall–Kier alpha value is -2.83. The van der Waals surface area contributed by atoms with Crippen molar-refractivity contribution < 1.29 is 28.7 Å². The van der Waals surface area contributed by atoms with Crippen LogP contribution in [0.3, 0.4) is 0 Å². The molecule has 250 valence electrons. The Morgan fingerprint density at radius 2 is 1.36 bits per heavy atom. The Morgan fingerprint density at radius 3 is 1.91 bits per heavy atom. The number of ether oxygens (including phenoxy) is 1. The van der Waals surface area contributed by atoms with E-state index in [4.69, 9.17) is 4.74 Å².